The fraction of sp³-hybridized carbons (Fsp3) is 0.333. The Bertz CT molecular complexity index is 437. The van der Waals surface area contributed by atoms with E-state index in [1.54, 1.807) is 24.3 Å². The molecule has 0 saturated carbocycles. The van der Waals surface area contributed by atoms with Gasteiger partial charge in [-0.1, -0.05) is 6.07 Å². The van der Waals surface area contributed by atoms with Gasteiger partial charge in [-0.2, -0.15) is 11.8 Å². The number of hydrogen-bond acceptors (Lipinski definition) is 5. The topological polar surface area (TPSA) is 81.4 Å². The first kappa shape index (κ1) is 14.4. The zero-order chi connectivity index (χ0) is 13.5. The molecule has 1 aromatic carbocycles. The molecule has 98 valence electrons. The van der Waals surface area contributed by atoms with E-state index in [1.165, 1.54) is 18.9 Å². The standard InChI is InChI=1S/C12H16N2O3S/c1-17-12(16)10(7-18-2)14-11(15)8-4-3-5-9(13)6-8/h3-6,10H,7,13H2,1-2H3,(H,14,15)/t10-/m1/s1. The van der Waals surface area contributed by atoms with Crippen molar-refractivity contribution in [2.24, 2.45) is 0 Å². The summed E-state index contributed by atoms with van der Waals surface area (Å²) in [5, 5.41) is 2.62. The van der Waals surface area contributed by atoms with E-state index >= 15 is 0 Å². The molecule has 3 N–H and O–H groups in total. The van der Waals surface area contributed by atoms with Crippen LogP contribution in [0.1, 0.15) is 10.4 Å². The van der Waals surface area contributed by atoms with Gasteiger partial charge >= 0.3 is 5.97 Å². The lowest BCUT2D eigenvalue weighted by atomic mass is 10.2. The van der Waals surface area contributed by atoms with Gasteiger partial charge < -0.3 is 15.8 Å². The molecule has 6 heteroatoms. The summed E-state index contributed by atoms with van der Waals surface area (Å²) in [4.78, 5) is 23.4. The van der Waals surface area contributed by atoms with Gasteiger partial charge in [-0.25, -0.2) is 4.79 Å². The highest BCUT2D eigenvalue weighted by molar-refractivity contribution is 7.98. The second-order valence-corrected chi connectivity index (χ2v) is 4.54. The van der Waals surface area contributed by atoms with Crippen molar-refractivity contribution < 1.29 is 14.3 Å². The molecule has 0 radical (unpaired) electrons. The highest BCUT2D eigenvalue weighted by Crippen LogP contribution is 2.07. The fourth-order valence-corrected chi connectivity index (χ4v) is 1.95. The van der Waals surface area contributed by atoms with Gasteiger partial charge in [0, 0.05) is 17.0 Å². The van der Waals surface area contributed by atoms with Crippen LogP contribution in [0, 0.1) is 0 Å². The zero-order valence-electron chi connectivity index (χ0n) is 10.3. The van der Waals surface area contributed by atoms with Crippen LogP contribution in [0.15, 0.2) is 24.3 Å². The summed E-state index contributed by atoms with van der Waals surface area (Å²) in [6, 6.07) is 5.92. The number of ether oxygens (including phenoxy) is 1. The Morgan fingerprint density at radius 3 is 2.78 bits per heavy atom. The van der Waals surface area contributed by atoms with E-state index in [0.29, 0.717) is 17.0 Å². The lowest BCUT2D eigenvalue weighted by Gasteiger charge is -2.15. The molecule has 0 aliphatic carbocycles. The fourth-order valence-electron chi connectivity index (χ4n) is 1.40. The van der Waals surface area contributed by atoms with Crippen LogP contribution in [-0.2, 0) is 9.53 Å². The number of carbonyl (C=O) groups excluding carboxylic acids is 2. The quantitative estimate of drug-likeness (QED) is 0.612. The maximum absolute atomic E-state index is 11.9. The van der Waals surface area contributed by atoms with Crippen molar-refractivity contribution in [3.63, 3.8) is 0 Å². The number of benzene rings is 1. The van der Waals surface area contributed by atoms with Crippen LogP contribution in [0.5, 0.6) is 0 Å². The summed E-state index contributed by atoms with van der Waals surface area (Å²) in [6.07, 6.45) is 1.85. The van der Waals surface area contributed by atoms with E-state index in [0.717, 1.165) is 0 Å². The van der Waals surface area contributed by atoms with E-state index in [4.69, 9.17) is 5.73 Å². The van der Waals surface area contributed by atoms with Crippen LogP contribution in [0.25, 0.3) is 0 Å². The maximum Gasteiger partial charge on any atom is 0.329 e. The molecule has 0 bridgehead atoms. The molecule has 0 aliphatic rings. The molecular formula is C12H16N2O3S. The van der Waals surface area contributed by atoms with Gasteiger partial charge in [0.2, 0.25) is 0 Å². The Kier molecular flexibility index (Phi) is 5.51. The average molecular weight is 268 g/mol. The minimum absolute atomic E-state index is 0.341. The highest BCUT2D eigenvalue weighted by atomic mass is 32.2. The van der Waals surface area contributed by atoms with Crippen LogP contribution in [-0.4, -0.2) is 37.0 Å². The Balaban J connectivity index is 2.75. The minimum atomic E-state index is -0.654. The molecule has 5 nitrogen and oxygen atoms in total. The summed E-state index contributed by atoms with van der Waals surface area (Å²) < 4.78 is 4.63. The molecule has 18 heavy (non-hydrogen) atoms. The number of amides is 1. The van der Waals surface area contributed by atoms with Gasteiger partial charge in [0.1, 0.15) is 6.04 Å². The minimum Gasteiger partial charge on any atom is -0.467 e. The van der Waals surface area contributed by atoms with Gasteiger partial charge in [-0.05, 0) is 24.5 Å². The number of nitrogens with one attached hydrogen (secondary N) is 1. The Morgan fingerprint density at radius 2 is 2.22 bits per heavy atom. The Labute approximate surface area is 110 Å². The number of anilines is 1. The molecule has 0 spiro atoms. The molecule has 0 saturated heterocycles. The van der Waals surface area contributed by atoms with Gasteiger partial charge in [-0.15, -0.1) is 0 Å². The first-order valence-electron chi connectivity index (χ1n) is 5.31. The molecule has 0 unspecified atom stereocenters. The summed E-state index contributed by atoms with van der Waals surface area (Å²) in [5.74, 6) is -0.339. The summed E-state index contributed by atoms with van der Waals surface area (Å²) >= 11 is 1.45. The van der Waals surface area contributed by atoms with Crippen molar-refractivity contribution in [2.45, 2.75) is 6.04 Å². The summed E-state index contributed by atoms with van der Waals surface area (Å²) in [5.41, 5.74) is 6.52. The molecular weight excluding hydrogens is 252 g/mol. The summed E-state index contributed by atoms with van der Waals surface area (Å²) in [7, 11) is 1.29. The zero-order valence-corrected chi connectivity index (χ0v) is 11.1. The van der Waals surface area contributed by atoms with Crippen molar-refractivity contribution >= 4 is 29.3 Å². The normalized spacial score (nSPS) is 11.7. The van der Waals surface area contributed by atoms with Crippen LogP contribution in [0.4, 0.5) is 5.69 Å². The predicted octanol–water partition coefficient (Wildman–Crippen LogP) is 0.903. The lowest BCUT2D eigenvalue weighted by molar-refractivity contribution is -0.142. The number of nitrogen functional groups attached to an aromatic ring is 1. The molecule has 0 fully saturated rings. The molecule has 0 aromatic heterocycles. The van der Waals surface area contributed by atoms with Gasteiger partial charge in [0.05, 0.1) is 7.11 Å². The molecule has 0 aliphatic heterocycles. The van der Waals surface area contributed by atoms with E-state index in [1.807, 2.05) is 6.26 Å². The van der Waals surface area contributed by atoms with Crippen molar-refractivity contribution in [1.29, 1.82) is 0 Å². The Hall–Kier alpha value is -1.69. The molecule has 1 amide bonds. The highest BCUT2D eigenvalue weighted by Gasteiger charge is 2.21. The Morgan fingerprint density at radius 1 is 1.50 bits per heavy atom. The van der Waals surface area contributed by atoms with Gasteiger partial charge in [0.15, 0.2) is 0 Å². The third kappa shape index (κ3) is 3.96. The molecule has 0 heterocycles. The van der Waals surface area contributed by atoms with Crippen molar-refractivity contribution in [1.82, 2.24) is 5.32 Å². The van der Waals surface area contributed by atoms with Crippen molar-refractivity contribution in [2.75, 3.05) is 24.9 Å². The van der Waals surface area contributed by atoms with Gasteiger partial charge in [0.25, 0.3) is 5.91 Å². The van der Waals surface area contributed by atoms with E-state index < -0.39 is 12.0 Å². The molecule has 1 rings (SSSR count). The predicted molar refractivity (Wildman–Crippen MR) is 72.5 cm³/mol. The van der Waals surface area contributed by atoms with Crippen LogP contribution in [0.3, 0.4) is 0 Å². The SMILES string of the molecule is COC(=O)[C@@H](CSC)NC(=O)c1cccc(N)c1. The second kappa shape index (κ2) is 6.90. The van der Waals surface area contributed by atoms with Crippen LogP contribution in [0.2, 0.25) is 0 Å². The van der Waals surface area contributed by atoms with Crippen molar-refractivity contribution in [3.8, 4) is 0 Å². The number of methoxy groups -OCH3 is 1. The number of rotatable bonds is 5. The van der Waals surface area contributed by atoms with E-state index in [-0.39, 0.29) is 5.91 Å². The number of hydrogen-bond donors (Lipinski definition) is 2. The van der Waals surface area contributed by atoms with Crippen molar-refractivity contribution in [3.05, 3.63) is 29.8 Å². The van der Waals surface area contributed by atoms with Crippen LogP contribution >= 0.6 is 11.8 Å². The smallest absolute Gasteiger partial charge is 0.329 e. The number of esters is 1. The van der Waals surface area contributed by atoms with Crippen LogP contribution < -0.4 is 11.1 Å². The number of thioether (sulfide) groups is 1. The first-order chi connectivity index (χ1) is 8.58. The van der Waals surface area contributed by atoms with E-state index in [2.05, 4.69) is 10.1 Å². The first-order valence-corrected chi connectivity index (χ1v) is 6.71. The van der Waals surface area contributed by atoms with Gasteiger partial charge in [-0.3, -0.25) is 4.79 Å². The third-order valence-electron chi connectivity index (χ3n) is 2.27. The molecule has 1 aromatic rings. The maximum atomic E-state index is 11.9. The lowest BCUT2D eigenvalue weighted by Crippen LogP contribution is -2.43. The number of carbonyl (C=O) groups is 2. The second-order valence-electron chi connectivity index (χ2n) is 3.63. The monoisotopic (exact) mass is 268 g/mol. The average Bonchev–Trinajstić information content (AvgIpc) is 2.37. The largest absolute Gasteiger partial charge is 0.467 e. The number of nitrogens with two attached hydrogens (primary N) is 1. The van der Waals surface area contributed by atoms with E-state index in [9.17, 15) is 9.59 Å². The summed E-state index contributed by atoms with van der Waals surface area (Å²) in [6.45, 7) is 0. The molecule has 1 atom stereocenters. The third-order valence-corrected chi connectivity index (χ3v) is 2.94.